The number of aliphatic hydroxyl groups excluding tert-OH is 1. The number of carbonyl (C=O) groups excluding carboxylic acids is 2. The van der Waals surface area contributed by atoms with Gasteiger partial charge in [0, 0.05) is 49.2 Å². The summed E-state index contributed by atoms with van der Waals surface area (Å²) in [5.41, 5.74) is 1.96. The van der Waals surface area contributed by atoms with Crippen molar-refractivity contribution >= 4 is 23.2 Å². The largest absolute Gasteiger partial charge is 0.508 e. The molecule has 2 heterocycles. The van der Waals surface area contributed by atoms with Gasteiger partial charge in [-0.15, -0.1) is 0 Å². The summed E-state index contributed by atoms with van der Waals surface area (Å²) in [7, 11) is 0. The Morgan fingerprint density at radius 1 is 0.952 bits per heavy atom. The molecule has 2 amide bonds. The topological polar surface area (TPSA) is 96.3 Å². The highest BCUT2D eigenvalue weighted by Gasteiger charge is 2.49. The fourth-order valence-corrected chi connectivity index (χ4v) is 5.80. The number of anilines is 2. The first-order valence-corrected chi connectivity index (χ1v) is 14.3. The zero-order valence-electron chi connectivity index (χ0n) is 23.5. The Hall–Kier alpha value is -3.86. The molecule has 0 spiro atoms. The van der Waals surface area contributed by atoms with Crippen molar-refractivity contribution in [2.75, 3.05) is 49.5 Å². The molecule has 2 saturated heterocycles. The van der Waals surface area contributed by atoms with Crippen LogP contribution in [0.3, 0.4) is 0 Å². The minimum absolute atomic E-state index is 0.0851. The minimum atomic E-state index is -0.893. The van der Waals surface area contributed by atoms with Crippen LogP contribution < -0.4 is 10.2 Å². The van der Waals surface area contributed by atoms with Gasteiger partial charge in [-0.2, -0.15) is 0 Å². The Kier molecular flexibility index (Phi) is 9.15. The first-order valence-electron chi connectivity index (χ1n) is 14.3. The highest BCUT2D eigenvalue weighted by Crippen LogP contribution is 2.49. The maximum atomic E-state index is 13.6. The van der Waals surface area contributed by atoms with Crippen molar-refractivity contribution in [2.24, 2.45) is 5.92 Å². The van der Waals surface area contributed by atoms with Crippen molar-refractivity contribution in [2.45, 2.75) is 31.9 Å². The van der Waals surface area contributed by atoms with Gasteiger partial charge < -0.3 is 25.3 Å². The number of hydrogen-bond donors (Lipinski definition) is 3. The van der Waals surface area contributed by atoms with E-state index in [1.165, 1.54) is 59.5 Å². The van der Waals surface area contributed by atoms with E-state index in [-0.39, 0.29) is 30.5 Å². The van der Waals surface area contributed by atoms with Crippen LogP contribution in [0.1, 0.15) is 43.0 Å². The molecule has 3 aromatic carbocycles. The van der Waals surface area contributed by atoms with Gasteiger partial charge in [0.15, 0.2) is 0 Å². The average molecular weight is 579 g/mol. The van der Waals surface area contributed by atoms with Crippen molar-refractivity contribution < 1.29 is 28.6 Å². The van der Waals surface area contributed by atoms with Gasteiger partial charge in [-0.3, -0.25) is 14.5 Å². The first-order chi connectivity index (χ1) is 20.2. The number of carbonyl (C=O) groups is 2. The fraction of sp³-hybridized carbons (Fsp3) is 0.375. The van der Waals surface area contributed by atoms with Gasteiger partial charge in [-0.1, -0.05) is 25.1 Å². The van der Waals surface area contributed by atoms with Gasteiger partial charge >= 0.3 is 0 Å². The predicted octanol–water partition coefficient (Wildman–Crippen LogP) is 4.46. The Balaban J connectivity index is 1.30. The van der Waals surface area contributed by atoms with E-state index in [0.717, 1.165) is 32.7 Å². The lowest BCUT2D eigenvalue weighted by Gasteiger charge is -2.48. The second kappa shape index (κ2) is 13.0. The van der Waals surface area contributed by atoms with Crippen LogP contribution in [0.15, 0.2) is 66.7 Å². The third kappa shape index (κ3) is 6.61. The van der Waals surface area contributed by atoms with E-state index in [2.05, 4.69) is 22.0 Å². The SMILES string of the molecule is CCN1CCN(CC(=O)Nc2ccc([C@@H]3[C@@H](CC[C@H](O)c4ccc(F)cc4)C(=O)N3c3ccc(F)cc3)c(O)c2)CC1. The second-order valence-corrected chi connectivity index (χ2v) is 10.9. The number of phenolic OH excluding ortho intramolecular Hbond substituents is 1. The zero-order chi connectivity index (χ0) is 29.8. The number of halogens is 2. The molecule has 3 aromatic rings. The van der Waals surface area contributed by atoms with Crippen molar-refractivity contribution in [3.63, 3.8) is 0 Å². The van der Waals surface area contributed by atoms with E-state index in [4.69, 9.17) is 0 Å². The van der Waals surface area contributed by atoms with Crippen LogP contribution in [0, 0.1) is 17.6 Å². The molecule has 5 rings (SSSR count). The Bertz CT molecular complexity index is 1390. The molecule has 222 valence electrons. The van der Waals surface area contributed by atoms with Crippen molar-refractivity contribution in [1.82, 2.24) is 9.80 Å². The lowest BCUT2D eigenvalue weighted by molar-refractivity contribution is -0.131. The zero-order valence-corrected chi connectivity index (χ0v) is 23.5. The van der Waals surface area contributed by atoms with Crippen LogP contribution in [0.2, 0.25) is 0 Å². The molecule has 3 N–H and O–H groups in total. The van der Waals surface area contributed by atoms with Crippen LogP contribution >= 0.6 is 0 Å². The summed E-state index contributed by atoms with van der Waals surface area (Å²) in [4.78, 5) is 32.0. The lowest BCUT2D eigenvalue weighted by Crippen LogP contribution is -2.55. The molecule has 10 heteroatoms. The number of piperazine rings is 1. The number of nitrogens with zero attached hydrogens (tertiary/aromatic N) is 3. The smallest absolute Gasteiger partial charge is 0.238 e. The standard InChI is InChI=1S/C32H36F2N4O4/c1-2-36-15-17-37(18-16-36)20-30(41)35-24-9-12-26(29(40)19-24)31-27(13-14-28(39)21-3-5-22(33)6-4-21)32(42)38(31)25-10-7-23(34)8-11-25/h3-12,19,27-28,31,39-40H,2,13-18,20H2,1H3,(H,35,41)/t27-,28+,31-/m1/s1. The number of β-lactam (4-membered cyclic amide) rings is 1. The first kappa shape index (κ1) is 29.6. The van der Waals surface area contributed by atoms with E-state index in [1.54, 1.807) is 12.1 Å². The minimum Gasteiger partial charge on any atom is -0.508 e. The lowest BCUT2D eigenvalue weighted by atomic mass is 9.78. The van der Waals surface area contributed by atoms with Crippen LogP contribution in [0.5, 0.6) is 5.75 Å². The number of rotatable bonds is 10. The molecule has 0 saturated carbocycles. The van der Waals surface area contributed by atoms with E-state index in [0.29, 0.717) is 28.9 Å². The Morgan fingerprint density at radius 2 is 1.57 bits per heavy atom. The number of phenols is 1. The summed E-state index contributed by atoms with van der Waals surface area (Å²) in [5.74, 6) is -1.86. The molecule has 0 aromatic heterocycles. The summed E-state index contributed by atoms with van der Waals surface area (Å²) in [5, 5.41) is 24.6. The number of benzene rings is 3. The molecule has 0 unspecified atom stereocenters. The third-order valence-corrected chi connectivity index (χ3v) is 8.24. The number of likely N-dealkylation sites (N-methyl/N-ethyl adjacent to an activating group) is 1. The second-order valence-electron chi connectivity index (χ2n) is 10.9. The molecule has 2 fully saturated rings. The number of aliphatic hydroxyl groups is 1. The summed E-state index contributed by atoms with van der Waals surface area (Å²) >= 11 is 0. The third-order valence-electron chi connectivity index (χ3n) is 8.24. The average Bonchev–Trinajstić information content (AvgIpc) is 2.98. The summed E-state index contributed by atoms with van der Waals surface area (Å²) < 4.78 is 26.9. The number of aromatic hydroxyl groups is 1. The molecule has 2 aliphatic heterocycles. The van der Waals surface area contributed by atoms with Gasteiger partial charge in [0.1, 0.15) is 17.4 Å². The van der Waals surface area contributed by atoms with Gasteiger partial charge in [-0.25, -0.2) is 8.78 Å². The summed E-state index contributed by atoms with van der Waals surface area (Å²) in [6.07, 6.45) is -0.338. The summed E-state index contributed by atoms with van der Waals surface area (Å²) in [6.45, 7) is 6.85. The Labute approximate surface area is 244 Å². The van der Waals surface area contributed by atoms with E-state index >= 15 is 0 Å². The molecule has 2 aliphatic rings. The van der Waals surface area contributed by atoms with Crippen molar-refractivity contribution in [3.8, 4) is 5.75 Å². The maximum Gasteiger partial charge on any atom is 0.238 e. The normalized spacial score (nSPS) is 20.3. The van der Waals surface area contributed by atoms with E-state index < -0.39 is 29.7 Å². The van der Waals surface area contributed by atoms with Crippen LogP contribution in [-0.2, 0) is 9.59 Å². The number of hydrogen-bond acceptors (Lipinski definition) is 6. The molecule has 8 nitrogen and oxygen atoms in total. The van der Waals surface area contributed by atoms with Crippen LogP contribution in [0.25, 0.3) is 0 Å². The molecular formula is C32H36F2N4O4. The monoisotopic (exact) mass is 578 g/mol. The van der Waals surface area contributed by atoms with Crippen LogP contribution in [-0.4, -0.2) is 71.1 Å². The molecule has 0 aliphatic carbocycles. The van der Waals surface area contributed by atoms with Gasteiger partial charge in [0.25, 0.3) is 0 Å². The highest BCUT2D eigenvalue weighted by atomic mass is 19.1. The quantitative estimate of drug-likeness (QED) is 0.308. The number of nitrogens with one attached hydrogen (secondary N) is 1. The van der Waals surface area contributed by atoms with Gasteiger partial charge in [0.2, 0.25) is 11.8 Å². The fourth-order valence-electron chi connectivity index (χ4n) is 5.80. The Morgan fingerprint density at radius 3 is 2.19 bits per heavy atom. The molecule has 0 radical (unpaired) electrons. The maximum absolute atomic E-state index is 13.6. The van der Waals surface area contributed by atoms with E-state index in [9.17, 15) is 28.6 Å². The predicted molar refractivity (Wildman–Crippen MR) is 156 cm³/mol. The van der Waals surface area contributed by atoms with E-state index in [1.807, 2.05) is 0 Å². The highest BCUT2D eigenvalue weighted by molar-refractivity contribution is 6.03. The van der Waals surface area contributed by atoms with Crippen molar-refractivity contribution in [3.05, 3.63) is 89.5 Å². The molecule has 0 bridgehead atoms. The molecule has 42 heavy (non-hydrogen) atoms. The van der Waals surface area contributed by atoms with Gasteiger partial charge in [0.05, 0.1) is 24.6 Å². The molecular weight excluding hydrogens is 542 g/mol. The van der Waals surface area contributed by atoms with Gasteiger partial charge in [-0.05, 0) is 67.4 Å². The number of amides is 2. The van der Waals surface area contributed by atoms with Crippen molar-refractivity contribution in [1.29, 1.82) is 0 Å². The molecule has 3 atom stereocenters. The summed E-state index contributed by atoms with van der Waals surface area (Å²) in [6, 6.07) is 15.4. The van der Waals surface area contributed by atoms with Crippen LogP contribution in [0.4, 0.5) is 20.2 Å².